The highest BCUT2D eigenvalue weighted by atomic mass is 32.1. The van der Waals surface area contributed by atoms with E-state index in [-0.39, 0.29) is 12.5 Å². The number of rotatable bonds is 7. The van der Waals surface area contributed by atoms with Crippen LogP contribution in [0.5, 0.6) is 0 Å². The maximum Gasteiger partial charge on any atom is 0.328 e. The van der Waals surface area contributed by atoms with Gasteiger partial charge in [-0.1, -0.05) is 30.3 Å². The van der Waals surface area contributed by atoms with Crippen molar-refractivity contribution in [2.24, 2.45) is 0 Å². The van der Waals surface area contributed by atoms with E-state index in [1.54, 1.807) is 18.0 Å². The van der Waals surface area contributed by atoms with Crippen molar-refractivity contribution in [1.29, 1.82) is 0 Å². The SMILES string of the molecule is Cc1cn(CC(=O)N(CCc2ccccc2)Cc2nccs2)c(=O)[nH]c1=O. The summed E-state index contributed by atoms with van der Waals surface area (Å²) in [4.78, 5) is 44.5. The van der Waals surface area contributed by atoms with Gasteiger partial charge in [-0.25, -0.2) is 9.78 Å². The molecule has 1 N–H and O–H groups in total. The van der Waals surface area contributed by atoms with Gasteiger partial charge in [0.1, 0.15) is 11.6 Å². The Balaban J connectivity index is 1.76. The molecule has 1 amide bonds. The third-order valence-electron chi connectivity index (χ3n) is 4.17. The van der Waals surface area contributed by atoms with Crippen molar-refractivity contribution >= 4 is 17.2 Å². The number of thiazole rings is 1. The third kappa shape index (κ3) is 5.01. The summed E-state index contributed by atoms with van der Waals surface area (Å²) in [6, 6.07) is 9.91. The van der Waals surface area contributed by atoms with E-state index in [0.29, 0.717) is 25.1 Å². The van der Waals surface area contributed by atoms with Crippen LogP contribution in [-0.2, 0) is 24.3 Å². The lowest BCUT2D eigenvalue weighted by Gasteiger charge is -2.22. The zero-order chi connectivity index (χ0) is 19.2. The summed E-state index contributed by atoms with van der Waals surface area (Å²) < 4.78 is 1.23. The van der Waals surface area contributed by atoms with Gasteiger partial charge in [0.25, 0.3) is 5.56 Å². The van der Waals surface area contributed by atoms with Crippen LogP contribution in [0.15, 0.2) is 57.7 Å². The van der Waals surface area contributed by atoms with Crippen molar-refractivity contribution in [3.63, 3.8) is 0 Å². The molecule has 0 radical (unpaired) electrons. The molecule has 7 nitrogen and oxygen atoms in total. The molecule has 3 aromatic rings. The average Bonchev–Trinajstić information content (AvgIpc) is 3.17. The number of carbonyl (C=O) groups excluding carboxylic acids is 1. The predicted molar refractivity (Wildman–Crippen MR) is 104 cm³/mol. The Kier molecular flexibility index (Phi) is 5.97. The van der Waals surface area contributed by atoms with Gasteiger partial charge in [0, 0.05) is 29.9 Å². The molecule has 0 aliphatic rings. The topological polar surface area (TPSA) is 88.1 Å². The van der Waals surface area contributed by atoms with Gasteiger partial charge in [-0.3, -0.25) is 19.1 Å². The molecule has 0 saturated carbocycles. The number of nitrogens with zero attached hydrogens (tertiary/aromatic N) is 3. The zero-order valence-electron chi connectivity index (χ0n) is 14.9. The molecule has 140 valence electrons. The minimum atomic E-state index is -0.587. The van der Waals surface area contributed by atoms with E-state index in [1.165, 1.54) is 22.1 Å². The minimum absolute atomic E-state index is 0.128. The number of benzene rings is 1. The molecule has 2 aromatic heterocycles. The number of hydrogen-bond acceptors (Lipinski definition) is 5. The molecule has 0 spiro atoms. The number of amides is 1. The van der Waals surface area contributed by atoms with E-state index in [9.17, 15) is 14.4 Å². The number of hydrogen-bond donors (Lipinski definition) is 1. The lowest BCUT2D eigenvalue weighted by atomic mass is 10.1. The summed E-state index contributed by atoms with van der Waals surface area (Å²) >= 11 is 1.48. The lowest BCUT2D eigenvalue weighted by molar-refractivity contribution is -0.132. The maximum absolute atomic E-state index is 12.9. The smallest absolute Gasteiger partial charge is 0.328 e. The third-order valence-corrected chi connectivity index (χ3v) is 4.93. The molecule has 0 bridgehead atoms. The van der Waals surface area contributed by atoms with Crippen LogP contribution in [0.25, 0.3) is 0 Å². The van der Waals surface area contributed by atoms with Crippen molar-refractivity contribution < 1.29 is 4.79 Å². The van der Waals surface area contributed by atoms with E-state index in [1.807, 2.05) is 35.7 Å². The number of carbonyl (C=O) groups is 1. The summed E-state index contributed by atoms with van der Waals surface area (Å²) in [7, 11) is 0. The van der Waals surface area contributed by atoms with E-state index < -0.39 is 11.2 Å². The van der Waals surface area contributed by atoms with Gasteiger partial charge in [-0.2, -0.15) is 0 Å². The number of H-pyrrole nitrogens is 1. The molecule has 2 heterocycles. The van der Waals surface area contributed by atoms with Gasteiger partial charge in [0.05, 0.1) is 6.54 Å². The van der Waals surface area contributed by atoms with Crippen LogP contribution < -0.4 is 11.2 Å². The Morgan fingerprint density at radius 3 is 2.74 bits per heavy atom. The second-order valence-electron chi connectivity index (χ2n) is 6.18. The fraction of sp³-hybridized carbons (Fsp3) is 0.263. The first kappa shape index (κ1) is 18.8. The highest BCUT2D eigenvalue weighted by molar-refractivity contribution is 7.09. The maximum atomic E-state index is 12.9. The van der Waals surface area contributed by atoms with Gasteiger partial charge in [-0.15, -0.1) is 11.3 Å². The van der Waals surface area contributed by atoms with Gasteiger partial charge in [0.15, 0.2) is 0 Å². The summed E-state index contributed by atoms with van der Waals surface area (Å²) in [5, 5.41) is 2.70. The Hall–Kier alpha value is -3.00. The van der Waals surface area contributed by atoms with E-state index in [2.05, 4.69) is 9.97 Å². The molecule has 1 aromatic carbocycles. The first-order valence-corrected chi connectivity index (χ1v) is 9.41. The van der Waals surface area contributed by atoms with Crippen molar-refractivity contribution in [2.45, 2.75) is 26.4 Å². The van der Waals surface area contributed by atoms with Crippen LogP contribution in [0.1, 0.15) is 16.1 Å². The molecule has 0 aliphatic carbocycles. The second-order valence-corrected chi connectivity index (χ2v) is 7.16. The molecular weight excluding hydrogens is 364 g/mol. The fourth-order valence-corrected chi connectivity index (χ4v) is 3.31. The molecule has 27 heavy (non-hydrogen) atoms. The van der Waals surface area contributed by atoms with Crippen molar-refractivity contribution in [3.8, 4) is 0 Å². The highest BCUT2D eigenvalue weighted by Gasteiger charge is 2.17. The molecular formula is C19H20N4O3S. The van der Waals surface area contributed by atoms with Crippen LogP contribution in [0, 0.1) is 6.92 Å². The summed E-state index contributed by atoms with van der Waals surface area (Å²) in [6.07, 6.45) is 3.82. The van der Waals surface area contributed by atoms with Crippen LogP contribution in [0.4, 0.5) is 0 Å². The van der Waals surface area contributed by atoms with E-state index in [4.69, 9.17) is 0 Å². The van der Waals surface area contributed by atoms with Crippen LogP contribution >= 0.6 is 11.3 Å². The number of aromatic amines is 1. The molecule has 8 heteroatoms. The number of aryl methyl sites for hydroxylation is 1. The van der Waals surface area contributed by atoms with E-state index >= 15 is 0 Å². The van der Waals surface area contributed by atoms with Crippen molar-refractivity contribution in [3.05, 3.63) is 85.1 Å². The Morgan fingerprint density at radius 2 is 2.04 bits per heavy atom. The predicted octanol–water partition coefficient (Wildman–Crippen LogP) is 1.57. The molecule has 0 unspecified atom stereocenters. The van der Waals surface area contributed by atoms with Crippen LogP contribution in [0.3, 0.4) is 0 Å². The largest absolute Gasteiger partial charge is 0.334 e. The zero-order valence-corrected chi connectivity index (χ0v) is 15.7. The van der Waals surface area contributed by atoms with Crippen LogP contribution in [-0.4, -0.2) is 31.9 Å². The van der Waals surface area contributed by atoms with Crippen LogP contribution in [0.2, 0.25) is 0 Å². The Bertz CT molecular complexity index is 1010. The first-order chi connectivity index (χ1) is 13.0. The first-order valence-electron chi connectivity index (χ1n) is 8.53. The Labute approximate surface area is 159 Å². The fourth-order valence-electron chi connectivity index (χ4n) is 2.68. The quantitative estimate of drug-likeness (QED) is 0.670. The second kappa shape index (κ2) is 8.59. The van der Waals surface area contributed by atoms with Crippen molar-refractivity contribution in [2.75, 3.05) is 6.54 Å². The standard InChI is InChI=1S/C19H20N4O3S/c1-14-11-23(19(26)21-18(14)25)13-17(24)22(12-16-20-8-10-27-16)9-7-15-5-3-2-4-6-15/h2-6,8,10-11H,7,9,12-13H2,1H3,(H,21,25,26). The highest BCUT2D eigenvalue weighted by Crippen LogP contribution is 2.10. The molecule has 0 saturated heterocycles. The number of nitrogens with one attached hydrogen (secondary N) is 1. The summed E-state index contributed by atoms with van der Waals surface area (Å²) in [5.74, 6) is -0.199. The molecule has 0 fully saturated rings. The van der Waals surface area contributed by atoms with Gasteiger partial charge < -0.3 is 4.90 Å². The monoisotopic (exact) mass is 384 g/mol. The number of aromatic nitrogens is 3. The summed E-state index contributed by atoms with van der Waals surface area (Å²) in [6.45, 7) is 2.37. The normalized spacial score (nSPS) is 10.7. The minimum Gasteiger partial charge on any atom is -0.334 e. The average molecular weight is 384 g/mol. The van der Waals surface area contributed by atoms with Gasteiger partial charge in [0.2, 0.25) is 5.91 Å². The molecule has 0 atom stereocenters. The summed E-state index contributed by atoms with van der Waals surface area (Å²) in [5.41, 5.74) is 0.494. The van der Waals surface area contributed by atoms with Crippen molar-refractivity contribution in [1.82, 2.24) is 19.4 Å². The Morgan fingerprint density at radius 1 is 1.26 bits per heavy atom. The van der Waals surface area contributed by atoms with Gasteiger partial charge >= 0.3 is 5.69 Å². The molecule has 0 aliphatic heterocycles. The lowest BCUT2D eigenvalue weighted by Crippen LogP contribution is -2.39. The van der Waals surface area contributed by atoms with Gasteiger partial charge in [-0.05, 0) is 18.9 Å². The molecule has 3 rings (SSSR count). The van der Waals surface area contributed by atoms with E-state index in [0.717, 1.165) is 10.6 Å².